The van der Waals surface area contributed by atoms with Crippen LogP contribution in [-0.2, 0) is 5.41 Å². The minimum absolute atomic E-state index is 0.00185. The van der Waals surface area contributed by atoms with Gasteiger partial charge in [0.2, 0.25) is 0 Å². The lowest BCUT2D eigenvalue weighted by molar-refractivity contribution is 0.612. The number of hydrogen-bond donors (Lipinski definition) is 0. The van der Waals surface area contributed by atoms with E-state index in [1.54, 1.807) is 0 Å². The molecule has 0 saturated heterocycles. The van der Waals surface area contributed by atoms with Gasteiger partial charge < -0.3 is 3.79 Å². The number of fused-ring (bicyclic) bond motifs is 3. The fourth-order valence-corrected chi connectivity index (χ4v) is 2.84. The van der Waals surface area contributed by atoms with E-state index >= 15 is 0 Å². The van der Waals surface area contributed by atoms with Crippen molar-refractivity contribution in [3.05, 3.63) is 47.7 Å². The molecule has 0 saturated carbocycles. The van der Waals surface area contributed by atoms with E-state index < -0.39 is 0 Å². The van der Waals surface area contributed by atoms with Crippen LogP contribution in [0.25, 0.3) is 11.3 Å². The standard InChI is InChI=1S/C14H13NO.Al/c1-14(2)9-5-3-7-11(16)12(9)13-10(14)6-4-8-15-13;/h3-8,16H,1-2H3;/q;+1/p-1. The molecule has 1 heterocycles. The van der Waals surface area contributed by atoms with Crippen LogP contribution in [0.4, 0.5) is 0 Å². The highest BCUT2D eigenvalue weighted by atomic mass is 27.1. The van der Waals surface area contributed by atoms with Gasteiger partial charge in [-0.2, -0.15) is 0 Å². The van der Waals surface area contributed by atoms with Gasteiger partial charge in [-0.1, -0.05) is 32.0 Å². The molecule has 1 aliphatic carbocycles. The van der Waals surface area contributed by atoms with Crippen LogP contribution in [0.2, 0.25) is 0 Å². The van der Waals surface area contributed by atoms with Gasteiger partial charge in [-0.25, -0.2) is 0 Å². The zero-order valence-corrected chi connectivity index (χ0v) is 11.1. The van der Waals surface area contributed by atoms with Crippen molar-refractivity contribution in [2.75, 3.05) is 0 Å². The molecule has 0 atom stereocenters. The Morgan fingerprint density at radius 2 is 1.88 bits per heavy atom. The fraction of sp³-hybridized carbons (Fsp3) is 0.214. The van der Waals surface area contributed by atoms with Gasteiger partial charge in [0.1, 0.15) is 0 Å². The monoisotopic (exact) mass is 237 g/mol. The van der Waals surface area contributed by atoms with Crippen LogP contribution >= 0.6 is 0 Å². The first-order valence-corrected chi connectivity index (χ1v) is 6.09. The van der Waals surface area contributed by atoms with Crippen LogP contribution in [0.1, 0.15) is 25.0 Å². The Morgan fingerprint density at radius 1 is 1.12 bits per heavy atom. The van der Waals surface area contributed by atoms with Crippen molar-refractivity contribution in [2.45, 2.75) is 19.3 Å². The zero-order valence-electron chi connectivity index (χ0n) is 9.90. The summed E-state index contributed by atoms with van der Waals surface area (Å²) in [5, 5.41) is 0. The van der Waals surface area contributed by atoms with Crippen LogP contribution in [-0.4, -0.2) is 21.6 Å². The molecule has 3 rings (SSSR count). The quantitative estimate of drug-likeness (QED) is 0.711. The van der Waals surface area contributed by atoms with E-state index in [0.29, 0.717) is 0 Å². The molecule has 3 heteroatoms. The molecule has 1 aromatic heterocycles. The minimum atomic E-state index is -0.00185. The van der Waals surface area contributed by atoms with Crippen LogP contribution < -0.4 is 3.79 Å². The van der Waals surface area contributed by atoms with Gasteiger partial charge >= 0.3 is 16.6 Å². The van der Waals surface area contributed by atoms with E-state index in [2.05, 4.69) is 47.6 Å². The second kappa shape index (κ2) is 3.60. The largest absolute Gasteiger partial charge is 0.653 e. The van der Waals surface area contributed by atoms with Crippen molar-refractivity contribution < 1.29 is 3.79 Å². The molecule has 1 aromatic carbocycles. The number of pyridine rings is 1. The normalized spacial score (nSPS) is 15.2. The summed E-state index contributed by atoms with van der Waals surface area (Å²) in [5.74, 6) is 0.873. The van der Waals surface area contributed by atoms with Crippen LogP contribution in [0.3, 0.4) is 0 Å². The topological polar surface area (TPSA) is 22.1 Å². The highest BCUT2D eigenvalue weighted by Crippen LogP contribution is 2.50. The molecular formula is C14H12AlNO. The first-order chi connectivity index (χ1) is 8.16. The first-order valence-electron chi connectivity index (χ1n) is 5.62. The van der Waals surface area contributed by atoms with Crippen LogP contribution in [0.5, 0.6) is 5.75 Å². The molecule has 2 radical (unpaired) electrons. The lowest BCUT2D eigenvalue weighted by atomic mass is 9.83. The molecule has 0 bridgehead atoms. The third-order valence-corrected chi connectivity index (χ3v) is 3.80. The second-order valence-corrected chi connectivity index (χ2v) is 5.06. The number of hydrogen-bond acceptors (Lipinski definition) is 2. The molecule has 82 valence electrons. The summed E-state index contributed by atoms with van der Waals surface area (Å²) in [5.41, 5.74) is 4.72. The Hall–Kier alpha value is -1.30. The maximum atomic E-state index is 5.38. The Morgan fingerprint density at radius 3 is 2.65 bits per heavy atom. The highest BCUT2D eigenvalue weighted by molar-refractivity contribution is 6.01. The van der Waals surface area contributed by atoms with Gasteiger partial charge in [-0.05, 0) is 23.3 Å². The van der Waals surface area contributed by atoms with Gasteiger partial charge in [0.15, 0.2) is 0 Å². The Bertz CT molecular complexity index is 593. The van der Waals surface area contributed by atoms with Crippen molar-refractivity contribution in [1.82, 2.24) is 4.98 Å². The number of rotatable bonds is 1. The molecule has 0 amide bonds. The van der Waals surface area contributed by atoms with E-state index in [1.807, 2.05) is 24.4 Å². The summed E-state index contributed by atoms with van der Waals surface area (Å²) in [6, 6.07) is 10.3. The summed E-state index contributed by atoms with van der Waals surface area (Å²) in [6.45, 7) is 4.46. The van der Waals surface area contributed by atoms with Crippen LogP contribution in [0.15, 0.2) is 36.5 Å². The average Bonchev–Trinajstić information content (AvgIpc) is 2.60. The fourth-order valence-electron chi connectivity index (χ4n) is 2.65. The molecule has 0 fully saturated rings. The SMILES string of the molecule is CC1(C)c2cccnc2-c2c([O][Al])cccc21. The molecule has 0 unspecified atom stereocenters. The minimum Gasteiger partial charge on any atom is -0.653 e. The van der Waals surface area contributed by atoms with Crippen molar-refractivity contribution in [3.63, 3.8) is 0 Å². The van der Waals surface area contributed by atoms with Crippen molar-refractivity contribution in [3.8, 4) is 17.0 Å². The smallest absolute Gasteiger partial charge is 0.482 e. The molecule has 0 spiro atoms. The summed E-state index contributed by atoms with van der Waals surface area (Å²) >= 11 is 2.32. The van der Waals surface area contributed by atoms with Crippen molar-refractivity contribution in [1.29, 1.82) is 0 Å². The predicted molar refractivity (Wildman–Crippen MR) is 68.2 cm³/mol. The van der Waals surface area contributed by atoms with Gasteiger partial charge in [0.05, 0.1) is 11.4 Å². The Kier molecular flexibility index (Phi) is 2.29. The average molecular weight is 237 g/mol. The van der Waals surface area contributed by atoms with Gasteiger partial charge in [-0.15, -0.1) is 0 Å². The molecular weight excluding hydrogens is 225 g/mol. The predicted octanol–water partition coefficient (Wildman–Crippen LogP) is 2.85. The Balaban J connectivity index is 2.41. The van der Waals surface area contributed by atoms with E-state index in [4.69, 9.17) is 3.79 Å². The molecule has 0 N–H and O–H groups in total. The second-order valence-electron chi connectivity index (χ2n) is 4.82. The first kappa shape index (κ1) is 10.8. The lowest BCUT2D eigenvalue weighted by Gasteiger charge is -2.21. The maximum Gasteiger partial charge on any atom is 0.482 e. The molecule has 2 nitrogen and oxygen atoms in total. The number of benzene rings is 1. The third-order valence-electron chi connectivity index (χ3n) is 3.54. The van der Waals surface area contributed by atoms with Crippen molar-refractivity contribution >= 4 is 16.6 Å². The van der Waals surface area contributed by atoms with Gasteiger partial charge in [-0.3, -0.25) is 4.98 Å². The van der Waals surface area contributed by atoms with E-state index in [0.717, 1.165) is 17.0 Å². The highest BCUT2D eigenvalue weighted by Gasteiger charge is 2.37. The molecule has 2 aromatic rings. The van der Waals surface area contributed by atoms with Crippen molar-refractivity contribution in [2.24, 2.45) is 0 Å². The summed E-state index contributed by atoms with van der Waals surface area (Å²) < 4.78 is 5.38. The van der Waals surface area contributed by atoms with E-state index in [1.165, 1.54) is 11.1 Å². The molecule has 0 aliphatic heterocycles. The zero-order chi connectivity index (χ0) is 12.0. The van der Waals surface area contributed by atoms with Crippen LogP contribution in [0, 0.1) is 0 Å². The summed E-state index contributed by atoms with van der Waals surface area (Å²) in [4.78, 5) is 4.52. The number of nitrogens with zero attached hydrogens (tertiary/aromatic N) is 1. The van der Waals surface area contributed by atoms with E-state index in [9.17, 15) is 0 Å². The van der Waals surface area contributed by atoms with Gasteiger partial charge in [0.25, 0.3) is 0 Å². The molecule has 1 aliphatic rings. The third kappa shape index (κ3) is 1.36. The van der Waals surface area contributed by atoms with E-state index in [-0.39, 0.29) is 5.41 Å². The molecule has 17 heavy (non-hydrogen) atoms. The summed E-state index contributed by atoms with van der Waals surface area (Å²) in [7, 11) is 0. The number of aromatic nitrogens is 1. The van der Waals surface area contributed by atoms with Gasteiger partial charge in [0, 0.05) is 17.2 Å². The Labute approximate surface area is 109 Å². The maximum absolute atomic E-state index is 5.38. The lowest BCUT2D eigenvalue weighted by Crippen LogP contribution is -2.14. The summed E-state index contributed by atoms with van der Waals surface area (Å²) in [6.07, 6.45) is 1.84.